The van der Waals surface area contributed by atoms with Gasteiger partial charge in [0.1, 0.15) is 11.0 Å². The number of anilines is 4. The summed E-state index contributed by atoms with van der Waals surface area (Å²) in [6, 6.07) is 14.5. The summed E-state index contributed by atoms with van der Waals surface area (Å²) in [4.78, 5) is 43.3. The molecule has 0 radical (unpaired) electrons. The lowest BCUT2D eigenvalue weighted by Gasteiger charge is -2.03. The Bertz CT molecular complexity index is 2980. The van der Waals surface area contributed by atoms with Gasteiger partial charge in [-0.3, -0.25) is 19.2 Å². The fraction of sp³-hybridized carbons (Fsp3) is 0.121. The van der Waals surface area contributed by atoms with E-state index >= 15 is 0 Å². The number of amides is 4. The van der Waals surface area contributed by atoms with E-state index in [-0.39, 0.29) is 39.6 Å². The maximum Gasteiger partial charge on any atom is 0.240 e. The van der Waals surface area contributed by atoms with E-state index in [1.807, 2.05) is 6.07 Å². The highest BCUT2D eigenvalue weighted by molar-refractivity contribution is 9.10. The first-order chi connectivity index (χ1) is 28.5. The number of hydrogen-bond acceptors (Lipinski definition) is 19. The first-order valence-corrected chi connectivity index (χ1v) is 19.1. The van der Waals surface area contributed by atoms with Crippen LogP contribution in [-0.4, -0.2) is 73.3 Å². The summed E-state index contributed by atoms with van der Waals surface area (Å²) in [7, 11) is -3.92. The zero-order valence-corrected chi connectivity index (χ0v) is 34.1. The third-order valence-electron chi connectivity index (χ3n) is 7.20. The second-order valence-corrected chi connectivity index (χ2v) is 14.5. The molecule has 4 aromatic carbocycles. The molecule has 0 aliphatic carbocycles. The number of nitrogens with one attached hydrogen (secondary N) is 4. The highest BCUT2D eigenvalue weighted by Crippen LogP contribution is 2.29. The lowest BCUT2D eigenvalue weighted by atomic mass is 10.2. The van der Waals surface area contributed by atoms with Gasteiger partial charge >= 0.3 is 0 Å². The Balaban J connectivity index is 0.000000152. The number of carbonyl (C=O) groups excluding carboxylic acids is 4. The van der Waals surface area contributed by atoms with E-state index in [0.29, 0.717) is 66.4 Å². The lowest BCUT2D eigenvalue weighted by Crippen LogP contribution is -2.13. The predicted octanol–water partition coefficient (Wildman–Crippen LogP) is 4.66. The van der Waals surface area contributed by atoms with Crippen molar-refractivity contribution in [2.24, 2.45) is 5.14 Å². The molecule has 308 valence electrons. The number of primary sulfonamides is 1. The van der Waals surface area contributed by atoms with Crippen molar-refractivity contribution < 1.29 is 46.1 Å². The molecule has 0 saturated carbocycles. The fourth-order valence-electron chi connectivity index (χ4n) is 4.86. The number of nitrogens with zero attached hydrogens (tertiary/aromatic N) is 9. The molecule has 0 bridgehead atoms. The molecular weight excluding hydrogens is 900 g/mol. The van der Waals surface area contributed by atoms with Crippen LogP contribution in [0.5, 0.6) is 0 Å². The summed E-state index contributed by atoms with van der Waals surface area (Å²) in [5, 5.41) is 53.4. The summed E-state index contributed by atoms with van der Waals surface area (Å²) in [6.45, 7) is 5.54. The van der Waals surface area contributed by atoms with E-state index in [2.05, 4.69) is 97.0 Å². The first kappa shape index (κ1) is 43.6. The summed E-state index contributed by atoms with van der Waals surface area (Å²) < 4.78 is 41.4. The molecule has 4 amide bonds. The number of fused-ring (bicyclic) bond motifs is 4. The molecule has 8 rings (SSSR count). The minimum absolute atomic E-state index is 0.0150. The third kappa shape index (κ3) is 10.5. The Kier molecular flexibility index (Phi) is 13.7. The van der Waals surface area contributed by atoms with Crippen molar-refractivity contribution in [3.63, 3.8) is 0 Å². The van der Waals surface area contributed by atoms with Crippen LogP contribution >= 0.6 is 27.5 Å². The molecule has 8 aromatic rings. The number of halogens is 2. The maximum absolute atomic E-state index is 11.3. The monoisotopic (exact) mass is 924 g/mol. The largest absolute Gasteiger partial charge is 0.324 e. The molecule has 27 heteroatoms. The summed E-state index contributed by atoms with van der Waals surface area (Å²) in [5.74, 6) is -0.880. The van der Waals surface area contributed by atoms with Crippen LogP contribution in [0.3, 0.4) is 0 Å². The Hall–Kier alpha value is -7.47. The maximum atomic E-state index is 11.3. The number of sulfonamides is 1. The number of aromatic nitrogens is 8. The molecule has 60 heavy (non-hydrogen) atoms. The molecule has 0 aliphatic rings. The SMILES string of the molecule is CC(=O)Nc1ccc(Br)c2nonc12.CC(=O)Nc1ccc(C#N)c2nonc12.CC(=O)Nc1ccc(Cl)c2nonc12.CC(=O)Nc1ccc(S(N)(=O)=O)c2nonc12. The van der Waals surface area contributed by atoms with Crippen LogP contribution in [0.25, 0.3) is 44.1 Å². The molecule has 0 spiro atoms. The zero-order valence-electron chi connectivity index (χ0n) is 31.0. The normalized spacial score (nSPS) is 10.6. The highest BCUT2D eigenvalue weighted by Gasteiger charge is 2.20. The van der Waals surface area contributed by atoms with Gasteiger partial charge in [-0.2, -0.15) is 5.26 Å². The van der Waals surface area contributed by atoms with Crippen molar-refractivity contribution in [2.45, 2.75) is 32.6 Å². The fourth-order valence-corrected chi connectivity index (χ4v) is 6.11. The molecule has 24 nitrogen and oxygen atoms in total. The highest BCUT2D eigenvalue weighted by atomic mass is 79.9. The van der Waals surface area contributed by atoms with Gasteiger partial charge in [0, 0.05) is 32.2 Å². The second kappa shape index (κ2) is 18.9. The van der Waals surface area contributed by atoms with Crippen LogP contribution in [-0.2, 0) is 29.2 Å². The predicted molar refractivity (Wildman–Crippen MR) is 213 cm³/mol. The van der Waals surface area contributed by atoms with E-state index in [4.69, 9.17) is 22.0 Å². The number of nitriles is 1. The van der Waals surface area contributed by atoms with Crippen LogP contribution in [0.4, 0.5) is 22.7 Å². The number of carbonyl (C=O) groups is 4. The minimum atomic E-state index is -3.92. The van der Waals surface area contributed by atoms with Crippen molar-refractivity contribution in [3.8, 4) is 6.07 Å². The molecule has 4 heterocycles. The minimum Gasteiger partial charge on any atom is -0.324 e. The third-order valence-corrected chi connectivity index (χ3v) is 9.08. The number of hydrogen-bond donors (Lipinski definition) is 5. The average Bonchev–Trinajstić information content (AvgIpc) is 4.01. The second-order valence-electron chi connectivity index (χ2n) is 11.7. The van der Waals surface area contributed by atoms with Gasteiger partial charge in [-0.1, -0.05) is 11.6 Å². The van der Waals surface area contributed by atoms with Crippen molar-refractivity contribution >= 4 is 128 Å². The average molecular weight is 926 g/mol. The Labute approximate surface area is 348 Å². The quantitative estimate of drug-likeness (QED) is 0.157. The molecule has 0 fully saturated rings. The number of rotatable bonds is 5. The number of benzene rings is 4. The van der Waals surface area contributed by atoms with E-state index < -0.39 is 10.0 Å². The Morgan fingerprint density at radius 3 is 1.38 bits per heavy atom. The van der Waals surface area contributed by atoms with Crippen LogP contribution in [0.2, 0.25) is 5.02 Å². The van der Waals surface area contributed by atoms with Gasteiger partial charge in [0.25, 0.3) is 0 Å². The standard InChI is InChI=1S/C9H6N4O2.C8H6BrN3O2.C8H6ClN3O2.C8H8N4O4S/c1-5(14)11-7-3-2-6(4-10)8-9(7)13-15-12-8;2*1-4(13)10-6-3-2-5(9)7-8(6)12-14-11-7;1-4(13)10-5-2-3-6(17(9,14)15)8-7(5)11-16-12-8/h2-3H,1H3,(H,11,14);2*2-3H,1H3,(H,10,13);2-3H,1H3,(H,10,13)(H2,9,14,15). The van der Waals surface area contributed by atoms with Crippen molar-refractivity contribution in [1.29, 1.82) is 5.26 Å². The Morgan fingerprint density at radius 2 is 0.917 bits per heavy atom. The molecular formula is C33H26BrClN14O10S. The van der Waals surface area contributed by atoms with Gasteiger partial charge in [0.2, 0.25) is 33.7 Å². The molecule has 0 saturated heterocycles. The smallest absolute Gasteiger partial charge is 0.240 e. The number of nitrogens with two attached hydrogens (primary N) is 1. The first-order valence-electron chi connectivity index (χ1n) is 16.3. The molecule has 0 unspecified atom stereocenters. The van der Waals surface area contributed by atoms with Crippen LogP contribution < -0.4 is 26.4 Å². The van der Waals surface area contributed by atoms with E-state index in [9.17, 15) is 27.6 Å². The van der Waals surface area contributed by atoms with Crippen molar-refractivity contribution in [2.75, 3.05) is 21.3 Å². The van der Waals surface area contributed by atoms with E-state index in [0.717, 1.165) is 4.47 Å². The van der Waals surface area contributed by atoms with Gasteiger partial charge in [0.05, 0.1) is 33.3 Å². The lowest BCUT2D eigenvalue weighted by molar-refractivity contribution is -0.115. The summed E-state index contributed by atoms with van der Waals surface area (Å²) in [5.41, 5.74) is 5.16. The Morgan fingerprint density at radius 1 is 0.567 bits per heavy atom. The van der Waals surface area contributed by atoms with E-state index in [1.54, 1.807) is 36.4 Å². The van der Waals surface area contributed by atoms with Gasteiger partial charge in [-0.25, -0.2) is 32.1 Å². The van der Waals surface area contributed by atoms with Crippen molar-refractivity contribution in [1.82, 2.24) is 41.3 Å². The van der Waals surface area contributed by atoms with Crippen LogP contribution in [0.15, 0.2) is 76.4 Å². The molecule has 6 N–H and O–H groups in total. The topological polar surface area (TPSA) is 356 Å². The molecule has 0 atom stereocenters. The summed E-state index contributed by atoms with van der Waals surface area (Å²) in [6.07, 6.45) is 0. The molecule has 4 aromatic heterocycles. The zero-order chi connectivity index (χ0) is 43.7. The van der Waals surface area contributed by atoms with Gasteiger partial charge in [-0.15, -0.1) is 0 Å². The summed E-state index contributed by atoms with van der Waals surface area (Å²) >= 11 is 9.13. The van der Waals surface area contributed by atoms with E-state index in [1.165, 1.54) is 39.8 Å². The molecule has 0 aliphatic heterocycles. The van der Waals surface area contributed by atoms with Gasteiger partial charge < -0.3 is 21.3 Å². The van der Waals surface area contributed by atoms with Gasteiger partial charge in [0.15, 0.2) is 44.1 Å². The van der Waals surface area contributed by atoms with Gasteiger partial charge in [-0.05, 0) is 106 Å². The van der Waals surface area contributed by atoms with Crippen molar-refractivity contribution in [3.05, 3.63) is 63.6 Å². The van der Waals surface area contributed by atoms with Crippen LogP contribution in [0, 0.1) is 11.3 Å². The van der Waals surface area contributed by atoms with Crippen LogP contribution in [0.1, 0.15) is 33.3 Å².